The molecule has 1 unspecified atom stereocenters. The fraction of sp³-hybridized carbons (Fsp3) is 0.524. The molecule has 6 nitrogen and oxygen atoms in total. The Labute approximate surface area is 161 Å². The van der Waals surface area contributed by atoms with Gasteiger partial charge in [-0.2, -0.15) is 0 Å². The van der Waals surface area contributed by atoms with Crippen molar-refractivity contribution in [3.05, 3.63) is 36.2 Å². The van der Waals surface area contributed by atoms with Crippen molar-refractivity contribution in [3.8, 4) is 11.5 Å². The number of nitrogens with zero attached hydrogens (tertiary/aromatic N) is 3. The molecule has 0 bridgehead atoms. The number of nitrogens with one attached hydrogen (secondary N) is 1. The van der Waals surface area contributed by atoms with Crippen molar-refractivity contribution in [2.24, 2.45) is 0 Å². The first kappa shape index (κ1) is 19.3. The molecule has 1 fully saturated rings. The van der Waals surface area contributed by atoms with Crippen molar-refractivity contribution in [1.82, 2.24) is 9.97 Å². The van der Waals surface area contributed by atoms with Crippen LogP contribution in [0.3, 0.4) is 0 Å². The molecule has 3 rings (SSSR count). The van der Waals surface area contributed by atoms with E-state index in [0.717, 1.165) is 49.1 Å². The molecule has 0 amide bonds. The minimum atomic E-state index is 0.591. The number of ether oxygens (including phenoxy) is 2. The normalized spacial score (nSPS) is 16.9. The lowest BCUT2D eigenvalue weighted by molar-refractivity contribution is 0.354. The van der Waals surface area contributed by atoms with Crippen LogP contribution in [0.4, 0.5) is 11.6 Å². The van der Waals surface area contributed by atoms with Crippen molar-refractivity contribution in [2.75, 3.05) is 37.5 Å². The smallest absolute Gasteiger partial charge is 0.160 e. The quantitative estimate of drug-likeness (QED) is 0.760. The second-order valence-corrected chi connectivity index (χ2v) is 6.88. The molecule has 0 radical (unpaired) electrons. The van der Waals surface area contributed by atoms with Crippen molar-refractivity contribution in [1.29, 1.82) is 0 Å². The molecule has 1 N–H and O–H groups in total. The van der Waals surface area contributed by atoms with Crippen molar-refractivity contribution < 1.29 is 9.47 Å². The minimum absolute atomic E-state index is 0.591. The number of hydrogen-bond donors (Lipinski definition) is 1. The third-order valence-electron chi connectivity index (χ3n) is 5.21. The van der Waals surface area contributed by atoms with Gasteiger partial charge in [-0.25, -0.2) is 9.97 Å². The molecular weight excluding hydrogens is 340 g/mol. The molecule has 1 aromatic heterocycles. The summed E-state index contributed by atoms with van der Waals surface area (Å²) in [6, 6.07) is 8.69. The van der Waals surface area contributed by atoms with Crippen LogP contribution in [0.5, 0.6) is 11.5 Å². The average molecular weight is 370 g/mol. The van der Waals surface area contributed by atoms with Crippen LogP contribution in [-0.4, -0.2) is 43.3 Å². The van der Waals surface area contributed by atoms with E-state index in [1.54, 1.807) is 20.5 Å². The highest BCUT2D eigenvalue weighted by molar-refractivity contribution is 5.49. The number of anilines is 2. The van der Waals surface area contributed by atoms with E-state index in [9.17, 15) is 0 Å². The Kier molecular flexibility index (Phi) is 6.74. The van der Waals surface area contributed by atoms with Crippen LogP contribution in [-0.2, 0) is 6.42 Å². The van der Waals surface area contributed by atoms with Crippen LogP contribution in [0.25, 0.3) is 0 Å². The second-order valence-electron chi connectivity index (χ2n) is 6.88. The van der Waals surface area contributed by atoms with Gasteiger partial charge in [-0.15, -0.1) is 0 Å². The predicted octanol–water partition coefficient (Wildman–Crippen LogP) is 3.92. The average Bonchev–Trinajstić information content (AvgIpc) is 2.73. The van der Waals surface area contributed by atoms with Crippen molar-refractivity contribution in [3.63, 3.8) is 0 Å². The van der Waals surface area contributed by atoms with Crippen molar-refractivity contribution >= 4 is 11.6 Å². The number of piperidine rings is 1. The van der Waals surface area contributed by atoms with Gasteiger partial charge in [-0.1, -0.05) is 13.0 Å². The summed E-state index contributed by atoms with van der Waals surface area (Å²) in [6.07, 6.45) is 7.50. The van der Waals surface area contributed by atoms with E-state index < -0.39 is 0 Å². The molecule has 1 saturated heterocycles. The van der Waals surface area contributed by atoms with Crippen LogP contribution >= 0.6 is 0 Å². The molecular formula is C21H30N4O2. The predicted molar refractivity (Wildman–Crippen MR) is 109 cm³/mol. The number of methoxy groups -OCH3 is 2. The summed E-state index contributed by atoms with van der Waals surface area (Å²) in [5.41, 5.74) is 1.19. The fourth-order valence-electron chi connectivity index (χ4n) is 3.70. The first-order valence-corrected chi connectivity index (χ1v) is 9.78. The third-order valence-corrected chi connectivity index (χ3v) is 5.21. The van der Waals surface area contributed by atoms with Crippen LogP contribution in [0, 0.1) is 0 Å². The molecule has 1 aliphatic heterocycles. The Morgan fingerprint density at radius 2 is 1.96 bits per heavy atom. The lowest BCUT2D eigenvalue weighted by Gasteiger charge is -2.36. The Bertz CT molecular complexity index is 738. The van der Waals surface area contributed by atoms with Crippen LogP contribution < -0.4 is 19.7 Å². The third kappa shape index (κ3) is 4.81. The highest BCUT2D eigenvalue weighted by Gasteiger charge is 2.22. The summed E-state index contributed by atoms with van der Waals surface area (Å²) in [5.74, 6) is 3.42. The number of aromatic nitrogens is 2. The molecule has 1 aromatic carbocycles. The summed E-state index contributed by atoms with van der Waals surface area (Å²) in [7, 11) is 3.31. The van der Waals surface area contributed by atoms with E-state index in [-0.39, 0.29) is 0 Å². The zero-order valence-electron chi connectivity index (χ0n) is 16.6. The van der Waals surface area contributed by atoms with E-state index >= 15 is 0 Å². The van der Waals surface area contributed by atoms with Gasteiger partial charge in [-0.3, -0.25) is 0 Å². The number of benzene rings is 1. The first-order chi connectivity index (χ1) is 13.2. The van der Waals surface area contributed by atoms with E-state index in [2.05, 4.69) is 39.2 Å². The van der Waals surface area contributed by atoms with Gasteiger partial charge in [0.2, 0.25) is 0 Å². The zero-order valence-corrected chi connectivity index (χ0v) is 16.6. The first-order valence-electron chi connectivity index (χ1n) is 9.78. The largest absolute Gasteiger partial charge is 0.493 e. The molecule has 0 saturated carbocycles. The Balaban J connectivity index is 1.60. The second kappa shape index (κ2) is 9.44. The standard InChI is InChI=1S/C21H30N4O2/c1-4-17-7-5-6-12-25(17)21-14-20(23-15-24-21)22-11-10-16-8-9-18(26-2)19(13-16)27-3/h8-9,13-15,17H,4-7,10-12H2,1-3H3,(H,22,23,24). The van der Waals surface area contributed by atoms with E-state index in [4.69, 9.17) is 9.47 Å². The maximum atomic E-state index is 5.37. The highest BCUT2D eigenvalue weighted by Crippen LogP contribution is 2.28. The van der Waals surface area contributed by atoms with Crippen LogP contribution in [0.15, 0.2) is 30.6 Å². The maximum absolute atomic E-state index is 5.37. The van der Waals surface area contributed by atoms with Crippen molar-refractivity contribution in [2.45, 2.75) is 45.1 Å². The summed E-state index contributed by atoms with van der Waals surface area (Å²) in [5, 5.41) is 3.42. The highest BCUT2D eigenvalue weighted by atomic mass is 16.5. The van der Waals surface area contributed by atoms with Gasteiger partial charge in [0, 0.05) is 25.2 Å². The lowest BCUT2D eigenvalue weighted by Crippen LogP contribution is -2.39. The Morgan fingerprint density at radius 3 is 2.74 bits per heavy atom. The summed E-state index contributed by atoms with van der Waals surface area (Å²) < 4.78 is 10.7. The SMILES string of the molecule is CCC1CCCCN1c1cc(NCCc2ccc(OC)c(OC)c2)ncn1. The molecule has 1 atom stereocenters. The van der Waals surface area contributed by atoms with E-state index in [0.29, 0.717) is 6.04 Å². The molecule has 0 aliphatic carbocycles. The van der Waals surface area contributed by atoms with Crippen LogP contribution in [0.1, 0.15) is 38.2 Å². The summed E-state index contributed by atoms with van der Waals surface area (Å²) in [4.78, 5) is 11.3. The molecule has 1 aliphatic rings. The molecule has 27 heavy (non-hydrogen) atoms. The number of rotatable bonds is 8. The van der Waals surface area contributed by atoms with Gasteiger partial charge >= 0.3 is 0 Å². The zero-order chi connectivity index (χ0) is 19.1. The summed E-state index contributed by atoms with van der Waals surface area (Å²) in [6.45, 7) is 4.14. The van der Waals surface area contributed by atoms with Crippen LogP contribution in [0.2, 0.25) is 0 Å². The van der Waals surface area contributed by atoms with Gasteiger partial charge in [0.15, 0.2) is 11.5 Å². The topological polar surface area (TPSA) is 59.5 Å². The van der Waals surface area contributed by atoms with Gasteiger partial charge in [-0.05, 0) is 49.8 Å². The Morgan fingerprint density at radius 1 is 1.11 bits per heavy atom. The van der Waals surface area contributed by atoms with Gasteiger partial charge in [0.05, 0.1) is 14.2 Å². The number of hydrogen-bond acceptors (Lipinski definition) is 6. The lowest BCUT2D eigenvalue weighted by atomic mass is 10.0. The molecule has 6 heteroatoms. The van der Waals surface area contributed by atoms with Gasteiger partial charge < -0.3 is 19.7 Å². The monoisotopic (exact) mass is 370 g/mol. The fourth-order valence-corrected chi connectivity index (χ4v) is 3.70. The maximum Gasteiger partial charge on any atom is 0.160 e. The van der Waals surface area contributed by atoms with E-state index in [1.807, 2.05) is 12.1 Å². The molecule has 0 spiro atoms. The molecule has 2 aromatic rings. The molecule has 2 heterocycles. The molecule has 146 valence electrons. The van der Waals surface area contributed by atoms with Gasteiger partial charge in [0.25, 0.3) is 0 Å². The van der Waals surface area contributed by atoms with E-state index in [1.165, 1.54) is 24.8 Å². The minimum Gasteiger partial charge on any atom is -0.493 e. The Hall–Kier alpha value is -2.50. The van der Waals surface area contributed by atoms with Gasteiger partial charge in [0.1, 0.15) is 18.0 Å². The summed E-state index contributed by atoms with van der Waals surface area (Å²) >= 11 is 0.